The van der Waals surface area contributed by atoms with Gasteiger partial charge in [0.1, 0.15) is 12.3 Å². The summed E-state index contributed by atoms with van der Waals surface area (Å²) in [7, 11) is 1.53. The van der Waals surface area contributed by atoms with Crippen LogP contribution in [0.3, 0.4) is 0 Å². The lowest BCUT2D eigenvalue weighted by molar-refractivity contribution is -0.141. The largest absolute Gasteiger partial charge is 0.497 e. The van der Waals surface area contributed by atoms with Gasteiger partial charge in [-0.3, -0.25) is 14.4 Å². The molecule has 0 aliphatic carbocycles. The second-order valence-corrected chi connectivity index (χ2v) is 6.10. The molecule has 1 N–H and O–H groups in total. The number of esters is 1. The summed E-state index contributed by atoms with van der Waals surface area (Å²) in [4.78, 5) is 36.7. The first-order chi connectivity index (χ1) is 12.5. The minimum absolute atomic E-state index is 0.299. The van der Waals surface area contributed by atoms with Gasteiger partial charge in [-0.1, -0.05) is 12.1 Å². The standard InChI is InChI=1S/C19H19NO5S/c1-24-15-7-3-14(4-8-15)19(23)20-11-18(22)25-12-17(21)13-5-9-16(26-2)10-6-13/h3-10H,11-12H2,1-2H3,(H,20,23). The van der Waals surface area contributed by atoms with Crippen molar-refractivity contribution in [1.29, 1.82) is 0 Å². The van der Waals surface area contributed by atoms with Crippen LogP contribution in [0.1, 0.15) is 20.7 Å². The van der Waals surface area contributed by atoms with Crippen LogP contribution in [0.2, 0.25) is 0 Å². The molecule has 0 unspecified atom stereocenters. The average Bonchev–Trinajstić information content (AvgIpc) is 2.70. The first kappa shape index (κ1) is 19.5. The van der Waals surface area contributed by atoms with Crippen molar-refractivity contribution in [2.24, 2.45) is 0 Å². The summed E-state index contributed by atoms with van der Waals surface area (Å²) in [5, 5.41) is 2.45. The first-order valence-electron chi connectivity index (χ1n) is 7.78. The topological polar surface area (TPSA) is 81.7 Å². The Labute approximate surface area is 155 Å². The third-order valence-corrected chi connectivity index (χ3v) is 4.27. The van der Waals surface area contributed by atoms with Gasteiger partial charge in [-0.15, -0.1) is 11.8 Å². The zero-order chi connectivity index (χ0) is 18.9. The van der Waals surface area contributed by atoms with Crippen LogP contribution >= 0.6 is 11.8 Å². The molecule has 0 bridgehead atoms. The molecule has 0 spiro atoms. The number of carbonyl (C=O) groups is 3. The monoisotopic (exact) mass is 373 g/mol. The zero-order valence-electron chi connectivity index (χ0n) is 14.5. The third kappa shape index (κ3) is 5.63. The number of amides is 1. The average molecular weight is 373 g/mol. The summed E-state index contributed by atoms with van der Waals surface area (Å²) in [5.74, 6) is -0.762. The highest BCUT2D eigenvalue weighted by Crippen LogP contribution is 2.15. The fourth-order valence-corrected chi connectivity index (χ4v) is 2.46. The minimum atomic E-state index is -0.680. The lowest BCUT2D eigenvalue weighted by Crippen LogP contribution is -2.31. The Balaban J connectivity index is 1.77. The highest BCUT2D eigenvalue weighted by Gasteiger charge is 2.12. The van der Waals surface area contributed by atoms with E-state index in [1.165, 1.54) is 7.11 Å². The molecule has 0 aliphatic heterocycles. The van der Waals surface area contributed by atoms with Crippen molar-refractivity contribution >= 4 is 29.4 Å². The number of hydrogen-bond acceptors (Lipinski definition) is 6. The maximum absolute atomic E-state index is 12.0. The molecule has 6 nitrogen and oxygen atoms in total. The number of ether oxygens (including phenoxy) is 2. The molecule has 136 valence electrons. The number of ketones is 1. The molecule has 2 aromatic carbocycles. The van der Waals surface area contributed by atoms with Crippen molar-refractivity contribution in [3.63, 3.8) is 0 Å². The van der Waals surface area contributed by atoms with E-state index < -0.39 is 11.9 Å². The minimum Gasteiger partial charge on any atom is -0.497 e. The Morgan fingerprint density at radius 1 is 0.962 bits per heavy atom. The summed E-state index contributed by atoms with van der Waals surface area (Å²) in [6.45, 7) is -0.681. The van der Waals surface area contributed by atoms with E-state index in [0.29, 0.717) is 16.9 Å². The molecule has 26 heavy (non-hydrogen) atoms. The van der Waals surface area contributed by atoms with Gasteiger partial charge in [0.05, 0.1) is 7.11 Å². The third-order valence-electron chi connectivity index (χ3n) is 3.52. The number of nitrogens with one attached hydrogen (secondary N) is 1. The molecule has 0 heterocycles. The van der Waals surface area contributed by atoms with E-state index in [2.05, 4.69) is 5.32 Å². The van der Waals surface area contributed by atoms with Crippen LogP contribution in [0.4, 0.5) is 0 Å². The van der Waals surface area contributed by atoms with Crippen molar-refractivity contribution in [2.45, 2.75) is 4.90 Å². The summed E-state index contributed by atoms with van der Waals surface area (Å²) in [5.41, 5.74) is 0.862. The molecule has 0 aromatic heterocycles. The van der Waals surface area contributed by atoms with Gasteiger partial charge in [0.2, 0.25) is 0 Å². The number of methoxy groups -OCH3 is 1. The van der Waals surface area contributed by atoms with Crippen molar-refractivity contribution in [3.05, 3.63) is 59.7 Å². The van der Waals surface area contributed by atoms with E-state index >= 15 is 0 Å². The lowest BCUT2D eigenvalue weighted by Gasteiger charge is -2.07. The fourth-order valence-electron chi connectivity index (χ4n) is 2.05. The van der Waals surface area contributed by atoms with E-state index in [1.54, 1.807) is 48.2 Å². The van der Waals surface area contributed by atoms with Gasteiger partial charge in [-0.25, -0.2) is 0 Å². The van der Waals surface area contributed by atoms with Gasteiger partial charge in [0.25, 0.3) is 5.91 Å². The van der Waals surface area contributed by atoms with Crippen LogP contribution < -0.4 is 10.1 Å². The van der Waals surface area contributed by atoms with E-state index in [1.807, 2.05) is 18.4 Å². The maximum atomic E-state index is 12.0. The van der Waals surface area contributed by atoms with Gasteiger partial charge >= 0.3 is 5.97 Å². The van der Waals surface area contributed by atoms with E-state index in [4.69, 9.17) is 9.47 Å². The molecule has 0 fully saturated rings. The molecule has 7 heteroatoms. The van der Waals surface area contributed by atoms with Crippen molar-refractivity contribution in [1.82, 2.24) is 5.32 Å². The second kappa shape index (κ2) is 9.62. The maximum Gasteiger partial charge on any atom is 0.325 e. The summed E-state index contributed by atoms with van der Waals surface area (Å²) < 4.78 is 9.92. The van der Waals surface area contributed by atoms with Crippen LogP contribution in [0.25, 0.3) is 0 Å². The Hall–Kier alpha value is -2.80. The van der Waals surface area contributed by atoms with E-state index in [0.717, 1.165) is 4.90 Å². The second-order valence-electron chi connectivity index (χ2n) is 5.22. The predicted octanol–water partition coefficient (Wildman–Crippen LogP) is 2.57. The quantitative estimate of drug-likeness (QED) is 0.435. The SMILES string of the molecule is COc1ccc(C(=O)NCC(=O)OCC(=O)c2ccc(SC)cc2)cc1. The van der Waals surface area contributed by atoms with Crippen LogP contribution in [-0.2, 0) is 9.53 Å². The number of carbonyl (C=O) groups excluding carboxylic acids is 3. The van der Waals surface area contributed by atoms with Crippen LogP contribution in [-0.4, -0.2) is 44.2 Å². The Morgan fingerprint density at radius 3 is 2.15 bits per heavy atom. The first-order valence-corrected chi connectivity index (χ1v) is 9.01. The predicted molar refractivity (Wildman–Crippen MR) is 98.8 cm³/mol. The molecule has 0 atom stereocenters. The Kier molecular flexibility index (Phi) is 7.23. The summed E-state index contributed by atoms with van der Waals surface area (Å²) in [6, 6.07) is 13.5. The van der Waals surface area contributed by atoms with Crippen LogP contribution in [0.15, 0.2) is 53.4 Å². The van der Waals surface area contributed by atoms with Gasteiger partial charge in [-0.2, -0.15) is 0 Å². The van der Waals surface area contributed by atoms with Crippen molar-refractivity contribution in [3.8, 4) is 5.75 Å². The normalized spacial score (nSPS) is 10.1. The number of Topliss-reactive ketones (excluding diaryl/α,β-unsaturated/α-hetero) is 1. The lowest BCUT2D eigenvalue weighted by atomic mass is 10.1. The van der Waals surface area contributed by atoms with E-state index in [-0.39, 0.29) is 18.9 Å². The van der Waals surface area contributed by atoms with Gasteiger partial charge in [0, 0.05) is 16.0 Å². The summed E-state index contributed by atoms with van der Waals surface area (Å²) >= 11 is 1.57. The van der Waals surface area contributed by atoms with E-state index in [9.17, 15) is 14.4 Å². The number of thioether (sulfide) groups is 1. The molecule has 1 amide bonds. The highest BCUT2D eigenvalue weighted by atomic mass is 32.2. The van der Waals surface area contributed by atoms with Crippen molar-refractivity contribution < 1.29 is 23.9 Å². The van der Waals surface area contributed by atoms with Gasteiger partial charge in [-0.05, 0) is 42.7 Å². The number of rotatable bonds is 8. The molecule has 2 rings (SSSR count). The van der Waals surface area contributed by atoms with Crippen molar-refractivity contribution in [2.75, 3.05) is 26.5 Å². The molecule has 0 saturated carbocycles. The molecule has 0 radical (unpaired) electrons. The summed E-state index contributed by atoms with van der Waals surface area (Å²) in [6.07, 6.45) is 1.94. The molecular formula is C19H19NO5S. The molecule has 0 aliphatic rings. The van der Waals surface area contributed by atoms with Crippen LogP contribution in [0.5, 0.6) is 5.75 Å². The molecule has 0 saturated heterocycles. The Morgan fingerprint density at radius 2 is 1.58 bits per heavy atom. The van der Waals surface area contributed by atoms with Crippen LogP contribution in [0, 0.1) is 0 Å². The van der Waals surface area contributed by atoms with Gasteiger partial charge in [0.15, 0.2) is 12.4 Å². The zero-order valence-corrected chi connectivity index (χ0v) is 15.3. The number of benzene rings is 2. The highest BCUT2D eigenvalue weighted by molar-refractivity contribution is 7.98. The smallest absolute Gasteiger partial charge is 0.325 e. The molecule has 2 aromatic rings. The van der Waals surface area contributed by atoms with Gasteiger partial charge < -0.3 is 14.8 Å². The Bertz CT molecular complexity index is 706. The number of hydrogen-bond donors (Lipinski definition) is 1. The molecular weight excluding hydrogens is 354 g/mol. The fraction of sp³-hybridized carbons (Fsp3) is 0.211.